The van der Waals surface area contributed by atoms with E-state index in [9.17, 15) is 0 Å². The Kier molecular flexibility index (Phi) is 12.2. The molecule has 0 saturated carbocycles. The molecule has 6 heterocycles. The monoisotopic (exact) mass is 735 g/mol. The maximum atomic E-state index is 6.44. The number of nitrogens with zero attached hydrogens (tertiary/aromatic N) is 8. The van der Waals surface area contributed by atoms with Crippen molar-refractivity contribution in [2.45, 2.75) is 51.1 Å². The highest BCUT2D eigenvalue weighted by Gasteiger charge is 2.26. The van der Waals surface area contributed by atoms with Crippen LogP contribution < -0.4 is 38.1 Å². The molecule has 3 aliphatic heterocycles. The van der Waals surface area contributed by atoms with Crippen LogP contribution in [0.1, 0.15) is 28.0 Å². The van der Waals surface area contributed by atoms with Gasteiger partial charge in [-0.2, -0.15) is 0 Å². The number of guanidine groups is 6. The van der Waals surface area contributed by atoms with Crippen LogP contribution in [0.3, 0.4) is 0 Å². The Labute approximate surface area is 304 Å². The van der Waals surface area contributed by atoms with Crippen molar-refractivity contribution in [2.24, 2.45) is 41.4 Å². The van der Waals surface area contributed by atoms with Gasteiger partial charge in [0.2, 0.25) is 11.9 Å². The second-order valence-electron chi connectivity index (χ2n) is 11.7. The van der Waals surface area contributed by atoms with Gasteiger partial charge in [-0.3, -0.25) is 16.0 Å². The smallest absolute Gasteiger partial charge is 0.203 e. The maximum Gasteiger partial charge on any atom is 0.203 e. The van der Waals surface area contributed by atoms with E-state index in [2.05, 4.69) is 98.9 Å². The van der Waals surface area contributed by atoms with E-state index in [1.807, 2.05) is 14.0 Å². The molecule has 18 heteroatoms. The Hall–Kier alpha value is -4.68. The minimum atomic E-state index is -0.458. The highest BCUT2D eigenvalue weighted by atomic mass is 32.1. The molecule has 9 N–H and O–H groups in total. The average molecular weight is 736 g/mol. The molecule has 266 valence electrons. The summed E-state index contributed by atoms with van der Waals surface area (Å²) < 4.78 is 0. The topological polar surface area (TPSA) is 193 Å². The third kappa shape index (κ3) is 10.2. The van der Waals surface area contributed by atoms with E-state index in [1.165, 1.54) is 14.6 Å². The fourth-order valence-corrected chi connectivity index (χ4v) is 7.69. The lowest BCUT2D eigenvalue weighted by atomic mass is 10.2. The molecule has 0 amide bonds. The van der Waals surface area contributed by atoms with Gasteiger partial charge in [-0.25, -0.2) is 30.0 Å². The molecule has 0 saturated heterocycles. The van der Waals surface area contributed by atoms with E-state index in [0.29, 0.717) is 49.3 Å². The number of hydrogen-bond donors (Lipinski definition) is 7. The van der Waals surface area contributed by atoms with Gasteiger partial charge in [-0.1, -0.05) is 18.2 Å². The Bertz CT molecular complexity index is 1690. The van der Waals surface area contributed by atoms with Gasteiger partial charge in [0, 0.05) is 54.3 Å². The van der Waals surface area contributed by atoms with Crippen molar-refractivity contribution in [3.8, 4) is 0 Å². The molecule has 0 spiro atoms. The molecule has 3 aliphatic rings. The van der Waals surface area contributed by atoms with E-state index < -0.39 is 6.17 Å². The molecule has 3 aromatic rings. The van der Waals surface area contributed by atoms with Gasteiger partial charge in [-0.05, 0) is 60.5 Å². The molecule has 0 aromatic carbocycles. The van der Waals surface area contributed by atoms with Crippen LogP contribution in [0.5, 0.6) is 0 Å². The van der Waals surface area contributed by atoms with Gasteiger partial charge in [0.25, 0.3) is 0 Å². The predicted octanol–water partition coefficient (Wildman–Crippen LogP) is 1.56. The molecule has 3 atom stereocenters. The molecule has 0 aliphatic carbocycles. The molecule has 50 heavy (non-hydrogen) atoms. The van der Waals surface area contributed by atoms with Gasteiger partial charge in [0.1, 0.15) is 12.3 Å². The average Bonchev–Trinajstić information content (AvgIpc) is 3.91. The first-order valence-corrected chi connectivity index (χ1v) is 19.3. The van der Waals surface area contributed by atoms with Crippen LogP contribution >= 0.6 is 34.0 Å². The molecular formula is C32H45N15S3. The molecule has 0 bridgehead atoms. The standard InChI is InChI=1S/C32H45N15S3/c1-21-37-29(35-2)45-31(38-21)47(15-11-24-8-5-19-50-24)20-26-40-28(34)44-32(42-26)46(14-10-23-7-4-18-49-23)16-12-25-39-27(33)43-30(41-25)36-13-9-22-6-3-17-48-22/h3-8,17-19,21,25-26H,9-16,20H2,1-2H3,(H3,34,40,42,44)(H2,35,37,38,45)(H4,33,36,39,41,43). The maximum absolute atomic E-state index is 6.44. The molecule has 3 aromatic heterocycles. The Balaban J connectivity index is 1.16. The van der Waals surface area contributed by atoms with Gasteiger partial charge in [0.05, 0.1) is 6.54 Å². The second-order valence-corrected chi connectivity index (χ2v) is 14.8. The van der Waals surface area contributed by atoms with Crippen LogP contribution in [0, 0.1) is 0 Å². The summed E-state index contributed by atoms with van der Waals surface area (Å²) in [6.45, 7) is 5.26. The van der Waals surface area contributed by atoms with Crippen LogP contribution in [-0.4, -0.2) is 104 Å². The largest absolute Gasteiger partial charge is 0.370 e. The Morgan fingerprint density at radius 2 is 1.30 bits per heavy atom. The number of nitrogens with one attached hydrogen (secondary N) is 5. The summed E-state index contributed by atoms with van der Waals surface area (Å²) >= 11 is 5.24. The van der Waals surface area contributed by atoms with Crippen LogP contribution in [-0.2, 0) is 19.3 Å². The predicted molar refractivity (Wildman–Crippen MR) is 208 cm³/mol. The van der Waals surface area contributed by atoms with Crippen molar-refractivity contribution in [1.82, 2.24) is 36.4 Å². The third-order valence-corrected chi connectivity index (χ3v) is 10.8. The van der Waals surface area contributed by atoms with E-state index in [-0.39, 0.29) is 12.3 Å². The highest BCUT2D eigenvalue weighted by molar-refractivity contribution is 7.10. The van der Waals surface area contributed by atoms with E-state index >= 15 is 0 Å². The highest BCUT2D eigenvalue weighted by Crippen LogP contribution is 2.16. The van der Waals surface area contributed by atoms with Crippen LogP contribution in [0.25, 0.3) is 0 Å². The minimum absolute atomic E-state index is 0.225. The molecule has 3 unspecified atom stereocenters. The first-order chi connectivity index (χ1) is 24.4. The summed E-state index contributed by atoms with van der Waals surface area (Å²) in [6, 6.07) is 12.7. The van der Waals surface area contributed by atoms with Crippen molar-refractivity contribution in [3.63, 3.8) is 0 Å². The van der Waals surface area contributed by atoms with Gasteiger partial charge < -0.3 is 31.9 Å². The zero-order valence-electron chi connectivity index (χ0n) is 28.2. The van der Waals surface area contributed by atoms with Crippen LogP contribution in [0.2, 0.25) is 0 Å². The molecule has 0 fully saturated rings. The van der Waals surface area contributed by atoms with Crippen LogP contribution in [0.4, 0.5) is 0 Å². The van der Waals surface area contributed by atoms with Crippen molar-refractivity contribution < 1.29 is 0 Å². The van der Waals surface area contributed by atoms with E-state index in [4.69, 9.17) is 31.4 Å². The van der Waals surface area contributed by atoms with Gasteiger partial charge >= 0.3 is 0 Å². The minimum Gasteiger partial charge on any atom is -0.370 e. The Morgan fingerprint density at radius 1 is 0.680 bits per heavy atom. The molecule has 15 nitrogen and oxygen atoms in total. The molecule has 6 rings (SSSR count). The lowest BCUT2D eigenvalue weighted by molar-refractivity contribution is 0.361. The number of nitrogens with two attached hydrogens (primary N) is 2. The zero-order valence-corrected chi connectivity index (χ0v) is 30.7. The van der Waals surface area contributed by atoms with Crippen molar-refractivity contribution in [3.05, 3.63) is 67.2 Å². The van der Waals surface area contributed by atoms with Crippen LogP contribution in [0.15, 0.2) is 82.5 Å². The summed E-state index contributed by atoms with van der Waals surface area (Å²) in [5.74, 6) is 3.38. The van der Waals surface area contributed by atoms with Crippen molar-refractivity contribution in [2.75, 3.05) is 39.8 Å². The first-order valence-electron chi connectivity index (χ1n) is 16.7. The van der Waals surface area contributed by atoms with Crippen molar-refractivity contribution in [1.29, 1.82) is 0 Å². The summed E-state index contributed by atoms with van der Waals surface area (Å²) in [6.07, 6.45) is 2.22. The lowest BCUT2D eigenvalue weighted by Crippen LogP contribution is -2.55. The van der Waals surface area contributed by atoms with E-state index in [0.717, 1.165) is 44.9 Å². The zero-order chi connectivity index (χ0) is 34.7. The normalized spacial score (nSPS) is 20.1. The molecule has 0 radical (unpaired) electrons. The fraction of sp³-hybridized carbons (Fsp3) is 0.438. The molecular weight excluding hydrogens is 691 g/mol. The van der Waals surface area contributed by atoms with E-state index in [1.54, 1.807) is 34.0 Å². The fourth-order valence-electron chi connectivity index (χ4n) is 5.58. The number of thiophene rings is 3. The quantitative estimate of drug-likeness (QED) is 0.129. The SMILES string of the molecule is CNC1=NC(C)N=C(N(CCc2cccs2)CC2N=C(N)NC(N(CCc3cccs3)CCC3N=C(N)NC(NCCc4cccs4)=N3)=N2)N1. The summed E-state index contributed by atoms with van der Waals surface area (Å²) in [5, 5.41) is 22.4. The number of hydrogen-bond acceptors (Lipinski definition) is 18. The summed E-state index contributed by atoms with van der Waals surface area (Å²) in [5.41, 5.74) is 12.6. The first kappa shape index (κ1) is 35.2. The van der Waals surface area contributed by atoms with Gasteiger partial charge in [0.15, 0.2) is 30.0 Å². The third-order valence-electron chi connectivity index (χ3n) is 8.00. The number of aliphatic imine (C=N–C) groups is 6. The lowest BCUT2D eigenvalue weighted by Gasteiger charge is -2.34. The Morgan fingerprint density at radius 3 is 1.96 bits per heavy atom. The number of rotatable bonds is 14. The summed E-state index contributed by atoms with van der Waals surface area (Å²) in [7, 11) is 1.84. The summed E-state index contributed by atoms with van der Waals surface area (Å²) in [4.78, 5) is 36.9. The van der Waals surface area contributed by atoms with Gasteiger partial charge in [-0.15, -0.1) is 34.0 Å². The second kappa shape index (κ2) is 17.3. The van der Waals surface area contributed by atoms with Crippen molar-refractivity contribution >= 4 is 69.8 Å².